The summed E-state index contributed by atoms with van der Waals surface area (Å²) in [5.41, 5.74) is 11.3. The summed E-state index contributed by atoms with van der Waals surface area (Å²) >= 11 is 0. The van der Waals surface area contributed by atoms with Gasteiger partial charge in [0.05, 0.1) is 33.5 Å². The minimum atomic E-state index is 0.562. The Morgan fingerprint density at radius 1 is 0.358 bits per heavy atom. The quantitative estimate of drug-likeness (QED) is 0.183. The Morgan fingerprint density at radius 3 is 1.06 bits per heavy atom. The largest absolute Gasteiger partial charge is 0.453 e. The van der Waals surface area contributed by atoms with Crippen molar-refractivity contribution >= 4 is 56.3 Å². The molecular formula is C46H28N4O3. The second kappa shape index (κ2) is 11.6. The van der Waals surface area contributed by atoms with E-state index in [0.717, 1.165) is 90.1 Å². The molecule has 0 saturated carbocycles. The summed E-state index contributed by atoms with van der Waals surface area (Å²) in [4.78, 5) is 13.9. The Bertz CT molecular complexity index is 2580. The third-order valence-corrected chi connectivity index (χ3v) is 9.97. The molecule has 3 aromatic heterocycles. The summed E-state index contributed by atoms with van der Waals surface area (Å²) in [6.45, 7) is 0. The number of para-hydroxylation sites is 8. The van der Waals surface area contributed by atoms with Crippen LogP contribution >= 0.6 is 0 Å². The van der Waals surface area contributed by atoms with Gasteiger partial charge in [0.1, 0.15) is 0 Å². The molecule has 0 amide bonds. The fourth-order valence-corrected chi connectivity index (χ4v) is 7.43. The second-order valence-corrected chi connectivity index (χ2v) is 13.1. The number of anilines is 6. The maximum Gasteiger partial charge on any atom is 0.229 e. The normalized spacial score (nSPS) is 12.8. The smallest absolute Gasteiger partial charge is 0.229 e. The van der Waals surface area contributed by atoms with E-state index in [9.17, 15) is 0 Å². The third kappa shape index (κ3) is 4.75. The topological polar surface area (TPSA) is 63.9 Å². The molecule has 9 aromatic rings. The van der Waals surface area contributed by atoms with Crippen molar-refractivity contribution in [2.45, 2.75) is 0 Å². The van der Waals surface area contributed by atoms with Crippen LogP contribution in [0.1, 0.15) is 0 Å². The Hall–Kier alpha value is -7.38. The first-order valence-electron chi connectivity index (χ1n) is 17.5. The second-order valence-electron chi connectivity index (χ2n) is 13.1. The molecule has 53 heavy (non-hydrogen) atoms. The van der Waals surface area contributed by atoms with Gasteiger partial charge in [-0.1, -0.05) is 72.8 Å². The van der Waals surface area contributed by atoms with E-state index in [2.05, 4.69) is 94.7 Å². The van der Waals surface area contributed by atoms with Crippen molar-refractivity contribution in [3.8, 4) is 45.3 Å². The van der Waals surface area contributed by atoms with Crippen LogP contribution in [0.25, 0.3) is 44.5 Å². The van der Waals surface area contributed by atoms with E-state index < -0.39 is 0 Å². The maximum absolute atomic E-state index is 6.21. The highest BCUT2D eigenvalue weighted by atomic mass is 16.5. The number of pyridine rings is 2. The van der Waals surface area contributed by atoms with Crippen LogP contribution in [-0.2, 0) is 0 Å². The van der Waals surface area contributed by atoms with Crippen LogP contribution < -0.4 is 19.3 Å². The van der Waals surface area contributed by atoms with Gasteiger partial charge in [0.15, 0.2) is 23.0 Å². The molecule has 7 heteroatoms. The Balaban J connectivity index is 0.926. The van der Waals surface area contributed by atoms with E-state index in [4.69, 9.17) is 23.9 Å². The monoisotopic (exact) mass is 684 g/mol. The molecule has 0 bridgehead atoms. The molecule has 250 valence electrons. The molecule has 0 N–H and O–H groups in total. The molecule has 2 aliphatic rings. The van der Waals surface area contributed by atoms with Gasteiger partial charge in [0, 0.05) is 34.9 Å². The third-order valence-electron chi connectivity index (χ3n) is 9.97. The molecule has 0 spiro atoms. The van der Waals surface area contributed by atoms with E-state index in [1.54, 1.807) is 0 Å². The summed E-state index contributed by atoms with van der Waals surface area (Å²) < 4.78 is 18.5. The summed E-state index contributed by atoms with van der Waals surface area (Å²) in [5, 5.41) is 1.84. The minimum Gasteiger partial charge on any atom is -0.453 e. The van der Waals surface area contributed by atoms with E-state index in [1.807, 2.05) is 85.2 Å². The van der Waals surface area contributed by atoms with Gasteiger partial charge in [0.25, 0.3) is 0 Å². The van der Waals surface area contributed by atoms with Crippen LogP contribution in [0.2, 0.25) is 0 Å². The summed E-state index contributed by atoms with van der Waals surface area (Å²) in [7, 11) is 0. The van der Waals surface area contributed by atoms with E-state index in [-0.39, 0.29) is 0 Å². The fourth-order valence-electron chi connectivity index (χ4n) is 7.43. The Labute approximate surface area is 304 Å². The first-order valence-corrected chi connectivity index (χ1v) is 17.5. The van der Waals surface area contributed by atoms with Gasteiger partial charge in [-0.25, -0.2) is 9.97 Å². The van der Waals surface area contributed by atoms with Crippen LogP contribution in [0, 0.1) is 0 Å². The van der Waals surface area contributed by atoms with Crippen LogP contribution in [-0.4, -0.2) is 9.97 Å². The van der Waals surface area contributed by atoms with Crippen LogP contribution in [0.4, 0.5) is 34.1 Å². The van der Waals surface area contributed by atoms with Crippen molar-refractivity contribution in [3.63, 3.8) is 0 Å². The molecule has 0 saturated heterocycles. The molecule has 5 heterocycles. The molecule has 7 nitrogen and oxygen atoms in total. The molecule has 0 atom stereocenters. The van der Waals surface area contributed by atoms with Gasteiger partial charge in [0.2, 0.25) is 11.4 Å². The van der Waals surface area contributed by atoms with Crippen LogP contribution in [0.15, 0.2) is 175 Å². The van der Waals surface area contributed by atoms with E-state index in [0.29, 0.717) is 11.4 Å². The predicted molar refractivity (Wildman–Crippen MR) is 210 cm³/mol. The van der Waals surface area contributed by atoms with Gasteiger partial charge < -0.3 is 23.7 Å². The first kappa shape index (κ1) is 29.4. The summed E-state index contributed by atoms with van der Waals surface area (Å²) in [5.74, 6) is 3.31. The number of hydrogen-bond donors (Lipinski definition) is 0. The molecule has 0 aliphatic carbocycles. The van der Waals surface area contributed by atoms with Crippen LogP contribution in [0.5, 0.6) is 23.0 Å². The number of fused-ring (bicyclic) bond motifs is 7. The summed E-state index contributed by atoms with van der Waals surface area (Å²) in [6, 6.07) is 53.9. The molecule has 2 aliphatic heterocycles. The number of aromatic nitrogens is 2. The molecule has 0 radical (unpaired) electrons. The van der Waals surface area contributed by atoms with Gasteiger partial charge in [-0.15, -0.1) is 0 Å². The number of hydrogen-bond acceptors (Lipinski definition) is 7. The number of ether oxygens (including phenoxy) is 2. The first-order chi connectivity index (χ1) is 26.2. The van der Waals surface area contributed by atoms with Gasteiger partial charge in [-0.05, 0) is 96.1 Å². The number of benzene rings is 6. The van der Waals surface area contributed by atoms with Crippen molar-refractivity contribution in [1.29, 1.82) is 0 Å². The van der Waals surface area contributed by atoms with Crippen molar-refractivity contribution in [3.05, 3.63) is 170 Å². The molecular weight excluding hydrogens is 657 g/mol. The molecule has 6 aromatic carbocycles. The van der Waals surface area contributed by atoms with Crippen molar-refractivity contribution in [2.24, 2.45) is 0 Å². The van der Waals surface area contributed by atoms with E-state index in [1.165, 1.54) is 0 Å². The number of nitrogens with zero attached hydrogens (tertiary/aromatic N) is 4. The lowest BCUT2D eigenvalue weighted by atomic mass is 10.0. The summed E-state index contributed by atoms with van der Waals surface area (Å²) in [6.07, 6.45) is 3.72. The molecule has 0 unspecified atom stereocenters. The van der Waals surface area contributed by atoms with Gasteiger partial charge >= 0.3 is 0 Å². The van der Waals surface area contributed by atoms with Crippen molar-refractivity contribution < 1.29 is 13.9 Å². The highest BCUT2D eigenvalue weighted by Crippen LogP contribution is 2.51. The zero-order valence-electron chi connectivity index (χ0n) is 28.2. The maximum atomic E-state index is 6.21. The van der Waals surface area contributed by atoms with Gasteiger partial charge in [-0.3, -0.25) is 0 Å². The lowest BCUT2D eigenvalue weighted by Gasteiger charge is -2.32. The number of rotatable bonds is 4. The predicted octanol–water partition coefficient (Wildman–Crippen LogP) is 12.9. The zero-order chi connectivity index (χ0) is 34.9. The molecule has 0 fully saturated rings. The highest BCUT2D eigenvalue weighted by molar-refractivity contribution is 6.05. The van der Waals surface area contributed by atoms with Crippen LogP contribution in [0.3, 0.4) is 0 Å². The lowest BCUT2D eigenvalue weighted by Crippen LogP contribution is -2.15. The zero-order valence-corrected chi connectivity index (χ0v) is 28.2. The number of furan rings is 1. The lowest BCUT2D eigenvalue weighted by molar-refractivity contribution is 0.477. The van der Waals surface area contributed by atoms with Crippen molar-refractivity contribution in [2.75, 3.05) is 9.80 Å². The SMILES string of the molecule is c1ccc2c(c1)Oc1ccccc1N2c1ccc(-c2cnc3oc4ncc(-c5ccc(N6c7ccccc7Oc7ccccc76)cc5)cc4c3c2)cc1. The minimum absolute atomic E-state index is 0.562. The molecule has 11 rings (SSSR count). The van der Waals surface area contributed by atoms with Crippen molar-refractivity contribution in [1.82, 2.24) is 9.97 Å². The average molecular weight is 685 g/mol. The van der Waals surface area contributed by atoms with Gasteiger partial charge in [-0.2, -0.15) is 0 Å². The highest BCUT2D eigenvalue weighted by Gasteiger charge is 2.26. The Kier molecular flexibility index (Phi) is 6.42. The Morgan fingerprint density at radius 2 is 0.698 bits per heavy atom. The average Bonchev–Trinajstić information content (AvgIpc) is 3.59. The standard InChI is InChI=1S/C46H28N4O3/c1-5-13-41-37(9-1)49(38-10-2-6-14-42(38)51-41)33-21-17-29(18-22-33)31-25-35-36-26-32(28-48-46(36)53-45(35)47-27-31)30-19-23-34(24-20-30)50-39-11-3-7-15-43(39)52-44-16-8-4-12-40(44)50/h1-28H. The fraction of sp³-hybridized carbons (Fsp3) is 0. The van der Waals surface area contributed by atoms with E-state index >= 15 is 0 Å².